The van der Waals surface area contributed by atoms with Crippen LogP contribution in [0.3, 0.4) is 0 Å². The highest BCUT2D eigenvalue weighted by molar-refractivity contribution is 9.10. The first-order valence-corrected chi connectivity index (χ1v) is 14.8. The summed E-state index contributed by atoms with van der Waals surface area (Å²) in [6, 6.07) is 11.3. The molecule has 0 N–H and O–H groups in total. The van der Waals surface area contributed by atoms with Crippen LogP contribution in [0.15, 0.2) is 61.9 Å². The average Bonchev–Trinajstić information content (AvgIpc) is 3.35. The highest BCUT2D eigenvalue weighted by Gasteiger charge is 2.35. The predicted octanol–water partition coefficient (Wildman–Crippen LogP) is 5.55. The van der Waals surface area contributed by atoms with Crippen molar-refractivity contribution < 1.29 is 14.3 Å². The van der Waals surface area contributed by atoms with E-state index in [0.717, 1.165) is 38.7 Å². The number of hydrogen-bond donors (Lipinski definition) is 0. The van der Waals surface area contributed by atoms with Crippen LogP contribution in [-0.2, 0) is 16.1 Å². The van der Waals surface area contributed by atoms with Gasteiger partial charge in [-0.2, -0.15) is 0 Å². The molecule has 0 radical (unpaired) electrons. The molecule has 0 saturated heterocycles. The van der Waals surface area contributed by atoms with Crippen LogP contribution in [0, 0.1) is 13.8 Å². The molecule has 1 atom stereocenters. The molecule has 4 aromatic rings. The van der Waals surface area contributed by atoms with Crippen molar-refractivity contribution in [3.63, 3.8) is 0 Å². The van der Waals surface area contributed by atoms with Crippen LogP contribution >= 0.6 is 27.3 Å². The predicted molar refractivity (Wildman–Crippen MR) is 163 cm³/mol. The second-order valence-electron chi connectivity index (χ2n) is 10.2. The van der Waals surface area contributed by atoms with Crippen molar-refractivity contribution in [1.82, 2.24) is 9.13 Å². The molecule has 2 aromatic carbocycles. The second kappa shape index (κ2) is 10.9. The maximum absolute atomic E-state index is 14.2. The summed E-state index contributed by atoms with van der Waals surface area (Å²) in [5.74, 6) is 0.0551. The topological polar surface area (TPSA) is 74.8 Å². The molecule has 0 spiro atoms. The van der Waals surface area contributed by atoms with Crippen molar-refractivity contribution in [3.05, 3.63) is 94.2 Å². The number of esters is 1. The molecule has 7 nitrogen and oxygen atoms in total. The number of hydrogen-bond acceptors (Lipinski definition) is 6. The summed E-state index contributed by atoms with van der Waals surface area (Å²) >= 11 is 4.89. The Balaban J connectivity index is 1.82. The average molecular weight is 623 g/mol. The Bertz CT molecular complexity index is 1880. The monoisotopic (exact) mass is 621 g/mol. The van der Waals surface area contributed by atoms with Crippen molar-refractivity contribution >= 4 is 50.2 Å². The number of rotatable bonds is 6. The van der Waals surface area contributed by atoms with Gasteiger partial charge in [0.1, 0.15) is 11.8 Å². The highest BCUT2D eigenvalue weighted by atomic mass is 79.9. The Morgan fingerprint density at radius 1 is 1.18 bits per heavy atom. The fourth-order valence-corrected chi connectivity index (χ4v) is 6.83. The van der Waals surface area contributed by atoms with Gasteiger partial charge in [-0.25, -0.2) is 9.79 Å². The summed E-state index contributed by atoms with van der Waals surface area (Å²) in [4.78, 5) is 32.6. The number of ether oxygens (including phenoxy) is 2. The van der Waals surface area contributed by atoms with E-state index >= 15 is 0 Å². The maximum Gasteiger partial charge on any atom is 0.338 e. The number of halogens is 1. The van der Waals surface area contributed by atoms with Gasteiger partial charge in [0.15, 0.2) is 4.80 Å². The minimum Gasteiger partial charge on any atom is -0.491 e. The Morgan fingerprint density at radius 3 is 2.60 bits per heavy atom. The van der Waals surface area contributed by atoms with Gasteiger partial charge < -0.3 is 14.0 Å². The van der Waals surface area contributed by atoms with Gasteiger partial charge in [0, 0.05) is 38.7 Å². The summed E-state index contributed by atoms with van der Waals surface area (Å²) in [7, 11) is 1.34. The number of fused-ring (bicyclic) bond motifs is 2. The van der Waals surface area contributed by atoms with Crippen molar-refractivity contribution in [1.29, 1.82) is 0 Å². The van der Waals surface area contributed by atoms with E-state index in [1.54, 1.807) is 11.5 Å². The van der Waals surface area contributed by atoms with E-state index in [1.807, 2.05) is 38.1 Å². The highest BCUT2D eigenvalue weighted by Crippen LogP contribution is 2.38. The lowest BCUT2D eigenvalue weighted by Crippen LogP contribution is -2.40. The minimum absolute atomic E-state index is 0.107. The number of methoxy groups -OCH3 is 1. The fourth-order valence-electron chi connectivity index (χ4n) is 5.42. The van der Waals surface area contributed by atoms with Gasteiger partial charge in [-0.1, -0.05) is 38.9 Å². The molecule has 9 heteroatoms. The van der Waals surface area contributed by atoms with Gasteiger partial charge >= 0.3 is 5.97 Å². The molecule has 3 heterocycles. The fraction of sp³-hybridized carbons (Fsp3) is 0.323. The molecule has 1 aliphatic rings. The number of nitrogens with zero attached hydrogens (tertiary/aromatic N) is 3. The summed E-state index contributed by atoms with van der Waals surface area (Å²) in [5.41, 5.74) is 5.67. The first kappa shape index (κ1) is 28.1. The number of allylic oxidation sites excluding steroid dienone is 1. The molecule has 0 unspecified atom stereocenters. The number of carbonyl (C=O) groups is 1. The molecule has 1 aliphatic heterocycles. The van der Waals surface area contributed by atoms with Crippen molar-refractivity contribution in [2.75, 3.05) is 7.11 Å². The van der Waals surface area contributed by atoms with E-state index in [4.69, 9.17) is 14.5 Å². The number of thiazole rings is 1. The van der Waals surface area contributed by atoms with Crippen molar-refractivity contribution in [3.8, 4) is 5.75 Å². The molecule has 0 amide bonds. The van der Waals surface area contributed by atoms with Crippen LogP contribution in [0.2, 0.25) is 0 Å². The molecule has 0 fully saturated rings. The van der Waals surface area contributed by atoms with Gasteiger partial charge in [0.2, 0.25) is 0 Å². The summed E-state index contributed by atoms with van der Waals surface area (Å²) < 4.78 is 16.5. The largest absolute Gasteiger partial charge is 0.491 e. The zero-order valence-electron chi connectivity index (χ0n) is 23.7. The molecule has 2 aromatic heterocycles. The van der Waals surface area contributed by atoms with Gasteiger partial charge in [-0.05, 0) is 78.0 Å². The normalized spacial score (nSPS) is 15.5. The zero-order chi connectivity index (χ0) is 28.9. The molecule has 0 aliphatic carbocycles. The van der Waals surface area contributed by atoms with Crippen LogP contribution in [0.4, 0.5) is 0 Å². The molecule has 5 rings (SSSR count). The molecule has 0 saturated carbocycles. The lowest BCUT2D eigenvalue weighted by molar-refractivity contribution is -0.136. The van der Waals surface area contributed by atoms with Crippen molar-refractivity contribution in [2.24, 2.45) is 4.99 Å². The molecular weight excluding hydrogens is 590 g/mol. The second-order valence-corrected chi connectivity index (χ2v) is 12.1. The third-order valence-corrected chi connectivity index (χ3v) is 8.65. The first-order chi connectivity index (χ1) is 19.0. The summed E-state index contributed by atoms with van der Waals surface area (Å²) in [5, 5.41) is 1.10. The van der Waals surface area contributed by atoms with E-state index < -0.39 is 12.0 Å². The van der Waals surface area contributed by atoms with Crippen LogP contribution < -0.4 is 19.6 Å². The smallest absolute Gasteiger partial charge is 0.338 e. The van der Waals surface area contributed by atoms with Gasteiger partial charge in [-0.15, -0.1) is 0 Å². The SMILES string of the molecule is CCn1c(C)c(/C=c2\sc3n(c2=O)[C@@H](c2cc(Br)ccc2OC(C)C)C(C(=O)OC)=C(C)N=3)c2cc(C)ccc21. The number of aryl methyl sites for hydroxylation is 2. The van der Waals surface area contributed by atoms with Crippen LogP contribution in [0.25, 0.3) is 17.0 Å². The molecular formula is C31H32BrN3O4S. The van der Waals surface area contributed by atoms with E-state index in [1.165, 1.54) is 18.4 Å². The van der Waals surface area contributed by atoms with Gasteiger partial charge in [0.05, 0.1) is 29.0 Å². The van der Waals surface area contributed by atoms with E-state index in [-0.39, 0.29) is 11.7 Å². The quantitative estimate of drug-likeness (QED) is 0.265. The Kier molecular flexibility index (Phi) is 7.63. The Hall–Kier alpha value is -3.43. The molecule has 40 heavy (non-hydrogen) atoms. The molecule has 208 valence electrons. The molecule has 0 bridgehead atoms. The summed E-state index contributed by atoms with van der Waals surface area (Å²) in [6.45, 7) is 12.8. The van der Waals surface area contributed by atoms with Crippen molar-refractivity contribution in [2.45, 2.75) is 60.2 Å². The summed E-state index contributed by atoms with van der Waals surface area (Å²) in [6.07, 6.45) is 1.86. The Morgan fingerprint density at radius 2 is 1.93 bits per heavy atom. The first-order valence-electron chi connectivity index (χ1n) is 13.2. The number of carbonyl (C=O) groups excluding carboxylic acids is 1. The lowest BCUT2D eigenvalue weighted by atomic mass is 9.95. The van der Waals surface area contributed by atoms with E-state index in [9.17, 15) is 9.59 Å². The third-order valence-electron chi connectivity index (χ3n) is 7.18. The van der Waals surface area contributed by atoms with E-state index in [0.29, 0.717) is 31.9 Å². The maximum atomic E-state index is 14.2. The minimum atomic E-state index is -0.766. The third kappa shape index (κ3) is 4.75. The van der Waals surface area contributed by atoms with Crippen LogP contribution in [0.5, 0.6) is 5.75 Å². The van der Waals surface area contributed by atoms with Gasteiger partial charge in [0.25, 0.3) is 5.56 Å². The number of benzene rings is 2. The van der Waals surface area contributed by atoms with E-state index in [2.05, 4.69) is 59.5 Å². The zero-order valence-corrected chi connectivity index (χ0v) is 26.1. The van der Waals surface area contributed by atoms with Crippen LogP contribution in [-0.4, -0.2) is 28.3 Å². The lowest BCUT2D eigenvalue weighted by Gasteiger charge is -2.26. The standard InChI is InChI=1S/C31H32BrN3O4S/c1-8-34-19(6)21(22-13-17(4)9-11-24(22)34)15-26-29(36)35-28(23-14-20(32)10-12-25(23)39-16(2)3)27(30(37)38-7)18(5)33-31(35)40-26/h9-16,28H,8H2,1-7H3/b26-15-/t28-/m0/s1. The van der Waals surface area contributed by atoms with Crippen LogP contribution in [0.1, 0.15) is 56.1 Å². The van der Waals surface area contributed by atoms with Gasteiger partial charge in [-0.3, -0.25) is 9.36 Å². The number of aromatic nitrogens is 2. The Labute approximate surface area is 245 Å².